The molecule has 1 heterocycles. The molecule has 0 aliphatic rings. The number of furan rings is 1. The zero-order valence-corrected chi connectivity index (χ0v) is 11.2. The van der Waals surface area contributed by atoms with Gasteiger partial charge in [-0.3, -0.25) is 4.79 Å². The number of hydrogen-bond donors (Lipinski definition) is 1. The Bertz CT molecular complexity index is 604. The summed E-state index contributed by atoms with van der Waals surface area (Å²) < 4.78 is 19.0. The molecular weight excluding hydrogens is 245 g/mol. The quantitative estimate of drug-likeness (QED) is 0.918. The Morgan fingerprint density at radius 3 is 2.63 bits per heavy atom. The van der Waals surface area contributed by atoms with Crippen molar-refractivity contribution in [3.05, 3.63) is 58.8 Å². The van der Waals surface area contributed by atoms with E-state index in [1.54, 1.807) is 19.1 Å². The van der Waals surface area contributed by atoms with Gasteiger partial charge in [0, 0.05) is 0 Å². The van der Waals surface area contributed by atoms with E-state index in [1.165, 1.54) is 12.1 Å². The molecule has 1 aromatic heterocycles. The van der Waals surface area contributed by atoms with E-state index in [9.17, 15) is 9.18 Å². The van der Waals surface area contributed by atoms with E-state index in [0.717, 1.165) is 11.3 Å². The average molecular weight is 261 g/mol. The smallest absolute Gasteiger partial charge is 0.254 e. The number of carbonyl (C=O) groups is 1. The second-order valence-corrected chi connectivity index (χ2v) is 4.63. The molecule has 0 saturated heterocycles. The molecular formula is C15H16FNO2. The molecule has 1 unspecified atom stereocenters. The largest absolute Gasteiger partial charge is 0.464 e. The van der Waals surface area contributed by atoms with Gasteiger partial charge in [0.15, 0.2) is 0 Å². The Kier molecular flexibility index (Phi) is 3.69. The van der Waals surface area contributed by atoms with E-state index in [2.05, 4.69) is 5.32 Å². The third-order valence-corrected chi connectivity index (χ3v) is 2.90. The summed E-state index contributed by atoms with van der Waals surface area (Å²) in [5.41, 5.74) is 0.892. The lowest BCUT2D eigenvalue weighted by molar-refractivity contribution is 0.0931. The van der Waals surface area contributed by atoms with Gasteiger partial charge < -0.3 is 9.73 Å². The van der Waals surface area contributed by atoms with Crippen LogP contribution in [0.15, 0.2) is 34.7 Å². The number of benzene rings is 1. The summed E-state index contributed by atoms with van der Waals surface area (Å²) in [5.74, 6) is 0.463. The van der Waals surface area contributed by atoms with Crippen LogP contribution in [0.2, 0.25) is 0 Å². The minimum absolute atomic E-state index is 0.0510. The van der Waals surface area contributed by atoms with Gasteiger partial charge in [0.25, 0.3) is 5.91 Å². The van der Waals surface area contributed by atoms with Crippen molar-refractivity contribution < 1.29 is 13.6 Å². The second kappa shape index (κ2) is 5.26. The summed E-state index contributed by atoms with van der Waals surface area (Å²) in [5, 5.41) is 2.72. The van der Waals surface area contributed by atoms with Crippen LogP contribution < -0.4 is 5.32 Å². The minimum atomic E-state index is -0.522. The van der Waals surface area contributed by atoms with Crippen LogP contribution in [0, 0.1) is 19.7 Å². The van der Waals surface area contributed by atoms with Crippen molar-refractivity contribution in [2.24, 2.45) is 0 Å². The number of carbonyl (C=O) groups excluding carboxylic acids is 1. The highest BCUT2D eigenvalue weighted by Gasteiger charge is 2.17. The first-order chi connectivity index (χ1) is 8.97. The molecule has 1 amide bonds. The molecule has 0 saturated carbocycles. The summed E-state index contributed by atoms with van der Waals surface area (Å²) in [6, 6.07) is 7.78. The summed E-state index contributed by atoms with van der Waals surface area (Å²) in [6.07, 6.45) is 0. The van der Waals surface area contributed by atoms with Crippen LogP contribution in [0.25, 0.3) is 0 Å². The van der Waals surface area contributed by atoms with E-state index in [4.69, 9.17) is 4.42 Å². The van der Waals surface area contributed by atoms with Crippen molar-refractivity contribution in [3.8, 4) is 0 Å². The van der Waals surface area contributed by atoms with Gasteiger partial charge in [-0.15, -0.1) is 0 Å². The predicted molar refractivity (Wildman–Crippen MR) is 70.5 cm³/mol. The van der Waals surface area contributed by atoms with Gasteiger partial charge in [-0.1, -0.05) is 11.6 Å². The number of amides is 1. The van der Waals surface area contributed by atoms with Gasteiger partial charge in [-0.25, -0.2) is 4.39 Å². The van der Waals surface area contributed by atoms with Crippen LogP contribution in [0.1, 0.15) is 40.4 Å². The lowest BCUT2D eigenvalue weighted by atomic mass is 10.1. The number of hydrogen-bond acceptors (Lipinski definition) is 2. The topological polar surface area (TPSA) is 42.2 Å². The van der Waals surface area contributed by atoms with E-state index in [0.29, 0.717) is 5.76 Å². The summed E-state index contributed by atoms with van der Waals surface area (Å²) >= 11 is 0. The Morgan fingerprint density at radius 2 is 2.00 bits per heavy atom. The molecule has 4 heteroatoms. The molecule has 0 aliphatic carbocycles. The lowest BCUT2D eigenvalue weighted by Gasteiger charge is -2.12. The van der Waals surface area contributed by atoms with Crippen molar-refractivity contribution in [3.63, 3.8) is 0 Å². The Labute approximate surface area is 111 Å². The minimum Gasteiger partial charge on any atom is -0.464 e. The maximum Gasteiger partial charge on any atom is 0.254 e. The number of rotatable bonds is 3. The molecule has 2 aromatic rings. The second-order valence-electron chi connectivity index (χ2n) is 4.63. The standard InChI is InChI=1S/C15H16FNO2/c1-9-4-6-13(16)12(8-9)15(18)17-11(3)14-7-5-10(2)19-14/h4-8,11H,1-3H3,(H,17,18). The molecule has 1 N–H and O–H groups in total. The highest BCUT2D eigenvalue weighted by atomic mass is 19.1. The fraction of sp³-hybridized carbons (Fsp3) is 0.267. The van der Waals surface area contributed by atoms with Gasteiger partial charge in [-0.05, 0) is 45.0 Å². The van der Waals surface area contributed by atoms with Gasteiger partial charge in [0.2, 0.25) is 0 Å². The predicted octanol–water partition coefficient (Wildman–Crippen LogP) is 3.53. The molecule has 2 rings (SSSR count). The third kappa shape index (κ3) is 3.02. The molecule has 0 spiro atoms. The van der Waals surface area contributed by atoms with Gasteiger partial charge in [0.05, 0.1) is 11.6 Å². The average Bonchev–Trinajstić information content (AvgIpc) is 2.79. The Balaban J connectivity index is 2.15. The maximum atomic E-state index is 13.6. The van der Waals surface area contributed by atoms with Crippen LogP contribution in [-0.2, 0) is 0 Å². The van der Waals surface area contributed by atoms with Crippen LogP contribution in [0.5, 0.6) is 0 Å². The van der Waals surface area contributed by atoms with Crippen LogP contribution >= 0.6 is 0 Å². The SMILES string of the molecule is Cc1ccc(F)c(C(=O)NC(C)c2ccc(C)o2)c1. The molecule has 1 atom stereocenters. The number of halogens is 1. The first-order valence-corrected chi connectivity index (χ1v) is 6.10. The molecule has 0 radical (unpaired) electrons. The normalized spacial score (nSPS) is 12.2. The van der Waals surface area contributed by atoms with E-state index < -0.39 is 11.7 Å². The summed E-state index contributed by atoms with van der Waals surface area (Å²) in [4.78, 5) is 12.0. The van der Waals surface area contributed by atoms with Crippen molar-refractivity contribution in [2.45, 2.75) is 26.8 Å². The highest BCUT2D eigenvalue weighted by Crippen LogP contribution is 2.17. The zero-order valence-electron chi connectivity index (χ0n) is 11.2. The third-order valence-electron chi connectivity index (χ3n) is 2.90. The molecule has 3 nitrogen and oxygen atoms in total. The molecule has 0 aliphatic heterocycles. The molecule has 0 bridgehead atoms. The molecule has 0 fully saturated rings. The Morgan fingerprint density at radius 1 is 1.26 bits per heavy atom. The van der Waals surface area contributed by atoms with Crippen LogP contribution in [0.4, 0.5) is 4.39 Å². The Hall–Kier alpha value is -2.10. The van der Waals surface area contributed by atoms with E-state index in [1.807, 2.05) is 19.9 Å². The molecule has 100 valence electrons. The fourth-order valence-corrected chi connectivity index (χ4v) is 1.84. The zero-order chi connectivity index (χ0) is 14.0. The van der Waals surface area contributed by atoms with Gasteiger partial charge >= 0.3 is 0 Å². The van der Waals surface area contributed by atoms with Crippen molar-refractivity contribution in [1.29, 1.82) is 0 Å². The van der Waals surface area contributed by atoms with E-state index in [-0.39, 0.29) is 11.6 Å². The van der Waals surface area contributed by atoms with Crippen molar-refractivity contribution in [2.75, 3.05) is 0 Å². The maximum absolute atomic E-state index is 13.6. The number of aryl methyl sites for hydroxylation is 2. The van der Waals surface area contributed by atoms with E-state index >= 15 is 0 Å². The summed E-state index contributed by atoms with van der Waals surface area (Å²) in [7, 11) is 0. The van der Waals surface area contributed by atoms with Crippen molar-refractivity contribution >= 4 is 5.91 Å². The first kappa shape index (κ1) is 13.3. The van der Waals surface area contributed by atoms with Gasteiger partial charge in [0.1, 0.15) is 17.3 Å². The highest BCUT2D eigenvalue weighted by molar-refractivity contribution is 5.94. The molecule has 1 aromatic carbocycles. The van der Waals surface area contributed by atoms with Crippen molar-refractivity contribution in [1.82, 2.24) is 5.32 Å². The lowest BCUT2D eigenvalue weighted by Crippen LogP contribution is -2.27. The number of nitrogens with one attached hydrogen (secondary N) is 1. The molecule has 19 heavy (non-hydrogen) atoms. The first-order valence-electron chi connectivity index (χ1n) is 6.10. The van der Waals surface area contributed by atoms with Crippen LogP contribution in [-0.4, -0.2) is 5.91 Å². The van der Waals surface area contributed by atoms with Crippen LogP contribution in [0.3, 0.4) is 0 Å². The monoisotopic (exact) mass is 261 g/mol. The van der Waals surface area contributed by atoms with Gasteiger partial charge in [-0.2, -0.15) is 0 Å². The fourth-order valence-electron chi connectivity index (χ4n) is 1.84. The summed E-state index contributed by atoms with van der Waals surface area (Å²) in [6.45, 7) is 5.44.